The Morgan fingerprint density at radius 3 is 2.76 bits per heavy atom. The highest BCUT2D eigenvalue weighted by molar-refractivity contribution is 5.81. The van der Waals surface area contributed by atoms with Crippen molar-refractivity contribution in [2.45, 2.75) is 26.3 Å². The lowest BCUT2D eigenvalue weighted by Crippen LogP contribution is -2.19. The number of aromatic nitrogens is 2. The summed E-state index contributed by atoms with van der Waals surface area (Å²) >= 11 is 0. The SMILES string of the molecule is CCOc1ccc(C=NNc2nc(-c3ccccc3)c(C#N)c(=O)[nH]2)cc1CN1CCCC1. The van der Waals surface area contributed by atoms with Crippen LogP contribution in [0.4, 0.5) is 5.95 Å². The van der Waals surface area contributed by atoms with Crippen molar-refractivity contribution in [2.75, 3.05) is 25.1 Å². The Balaban J connectivity index is 1.55. The first-order valence-electron chi connectivity index (χ1n) is 11.0. The minimum Gasteiger partial charge on any atom is -0.494 e. The number of nitrogens with zero attached hydrogens (tertiary/aromatic N) is 4. The normalized spacial score (nSPS) is 13.8. The van der Waals surface area contributed by atoms with E-state index in [9.17, 15) is 10.1 Å². The van der Waals surface area contributed by atoms with Crippen LogP contribution >= 0.6 is 0 Å². The number of benzene rings is 2. The topological polar surface area (TPSA) is 106 Å². The number of hydrazone groups is 1. The molecule has 0 amide bonds. The fraction of sp³-hybridized carbons (Fsp3) is 0.280. The van der Waals surface area contributed by atoms with Crippen LogP contribution in [0, 0.1) is 11.3 Å². The molecule has 0 spiro atoms. The summed E-state index contributed by atoms with van der Waals surface area (Å²) < 4.78 is 5.80. The van der Waals surface area contributed by atoms with Crippen LogP contribution in [-0.4, -0.2) is 40.8 Å². The Kier molecular flexibility index (Phi) is 7.12. The zero-order chi connectivity index (χ0) is 23.0. The Morgan fingerprint density at radius 1 is 1.24 bits per heavy atom. The van der Waals surface area contributed by atoms with E-state index in [2.05, 4.69) is 31.5 Å². The summed E-state index contributed by atoms with van der Waals surface area (Å²) in [6.45, 7) is 5.65. The molecule has 0 atom stereocenters. The predicted molar refractivity (Wildman–Crippen MR) is 128 cm³/mol. The van der Waals surface area contributed by atoms with Crippen LogP contribution in [0.3, 0.4) is 0 Å². The summed E-state index contributed by atoms with van der Waals surface area (Å²) in [7, 11) is 0. The van der Waals surface area contributed by atoms with Gasteiger partial charge in [0, 0.05) is 17.7 Å². The molecule has 2 aromatic carbocycles. The maximum Gasteiger partial charge on any atom is 0.270 e. The lowest BCUT2D eigenvalue weighted by molar-refractivity contribution is 0.305. The Hall–Kier alpha value is -3.96. The molecular weight excluding hydrogens is 416 g/mol. The smallest absolute Gasteiger partial charge is 0.270 e. The number of nitrogens with one attached hydrogen (secondary N) is 2. The van der Waals surface area contributed by atoms with E-state index in [-0.39, 0.29) is 11.5 Å². The minimum absolute atomic E-state index is 0.0335. The van der Waals surface area contributed by atoms with Gasteiger partial charge in [-0.05, 0) is 56.6 Å². The van der Waals surface area contributed by atoms with Gasteiger partial charge in [-0.25, -0.2) is 10.4 Å². The molecule has 0 radical (unpaired) electrons. The number of ether oxygens (including phenoxy) is 1. The van der Waals surface area contributed by atoms with Crippen molar-refractivity contribution in [3.63, 3.8) is 0 Å². The Labute approximate surface area is 192 Å². The Morgan fingerprint density at radius 2 is 2.03 bits per heavy atom. The van der Waals surface area contributed by atoms with E-state index in [4.69, 9.17) is 4.74 Å². The number of aromatic amines is 1. The number of nitriles is 1. The van der Waals surface area contributed by atoms with Crippen molar-refractivity contribution in [3.8, 4) is 23.1 Å². The van der Waals surface area contributed by atoms with Crippen LogP contribution < -0.4 is 15.7 Å². The van der Waals surface area contributed by atoms with Crippen molar-refractivity contribution >= 4 is 12.2 Å². The van der Waals surface area contributed by atoms with Gasteiger partial charge >= 0.3 is 0 Å². The molecule has 8 heteroatoms. The van der Waals surface area contributed by atoms with Crippen molar-refractivity contribution in [2.24, 2.45) is 5.10 Å². The molecule has 1 fully saturated rings. The molecular formula is C25H26N6O2. The van der Waals surface area contributed by atoms with E-state index in [0.717, 1.165) is 36.5 Å². The van der Waals surface area contributed by atoms with Gasteiger partial charge in [0.25, 0.3) is 5.56 Å². The molecule has 168 valence electrons. The summed E-state index contributed by atoms with van der Waals surface area (Å²) in [5.74, 6) is 1.05. The van der Waals surface area contributed by atoms with Crippen LogP contribution in [0.15, 0.2) is 58.4 Å². The van der Waals surface area contributed by atoms with E-state index in [1.807, 2.05) is 43.3 Å². The van der Waals surface area contributed by atoms with E-state index in [1.54, 1.807) is 18.3 Å². The largest absolute Gasteiger partial charge is 0.494 e. The molecule has 4 rings (SSSR count). The second-order valence-corrected chi connectivity index (χ2v) is 7.77. The molecule has 8 nitrogen and oxygen atoms in total. The third-order valence-electron chi connectivity index (χ3n) is 5.44. The van der Waals surface area contributed by atoms with Gasteiger partial charge in [0.1, 0.15) is 17.4 Å². The fourth-order valence-electron chi connectivity index (χ4n) is 3.88. The molecule has 2 N–H and O–H groups in total. The van der Waals surface area contributed by atoms with Crippen molar-refractivity contribution in [1.29, 1.82) is 5.26 Å². The first kappa shape index (κ1) is 22.2. The summed E-state index contributed by atoms with van der Waals surface area (Å²) in [4.78, 5) is 21.8. The van der Waals surface area contributed by atoms with E-state index in [0.29, 0.717) is 17.9 Å². The summed E-state index contributed by atoms with van der Waals surface area (Å²) in [5, 5.41) is 13.6. The van der Waals surface area contributed by atoms with Gasteiger partial charge < -0.3 is 4.74 Å². The number of anilines is 1. The Bertz CT molecular complexity index is 1220. The highest BCUT2D eigenvalue weighted by Crippen LogP contribution is 2.24. The zero-order valence-corrected chi connectivity index (χ0v) is 18.5. The average molecular weight is 443 g/mol. The van der Waals surface area contributed by atoms with Gasteiger partial charge in [0.05, 0.1) is 18.5 Å². The van der Waals surface area contributed by atoms with Crippen LogP contribution in [0.1, 0.15) is 36.5 Å². The predicted octanol–water partition coefficient (Wildman–Crippen LogP) is 3.75. The third-order valence-corrected chi connectivity index (χ3v) is 5.44. The number of H-pyrrole nitrogens is 1. The highest BCUT2D eigenvalue weighted by atomic mass is 16.5. The number of hydrogen-bond donors (Lipinski definition) is 2. The highest BCUT2D eigenvalue weighted by Gasteiger charge is 2.15. The van der Waals surface area contributed by atoms with E-state index >= 15 is 0 Å². The van der Waals surface area contributed by atoms with Crippen LogP contribution in [0.25, 0.3) is 11.3 Å². The van der Waals surface area contributed by atoms with Gasteiger partial charge in [0.2, 0.25) is 5.95 Å². The molecule has 1 aromatic heterocycles. The van der Waals surface area contributed by atoms with Gasteiger partial charge in [0.15, 0.2) is 0 Å². The second kappa shape index (κ2) is 10.6. The van der Waals surface area contributed by atoms with Gasteiger partial charge in [-0.1, -0.05) is 30.3 Å². The molecule has 1 saturated heterocycles. The standard InChI is InChI=1S/C25H26N6O2/c1-2-33-22-11-10-18(14-20(22)17-31-12-6-7-13-31)16-27-30-25-28-23(19-8-4-3-5-9-19)21(15-26)24(32)29-25/h3-5,8-11,14,16H,2,6-7,12-13,17H2,1H3,(H2,28,29,30,32). The molecule has 1 aliphatic heterocycles. The number of rotatable bonds is 8. The average Bonchev–Trinajstić information content (AvgIpc) is 3.34. The molecule has 0 bridgehead atoms. The molecule has 1 aliphatic rings. The molecule has 0 unspecified atom stereocenters. The number of hydrogen-bond acceptors (Lipinski definition) is 7. The van der Waals surface area contributed by atoms with Crippen molar-refractivity contribution < 1.29 is 4.74 Å². The molecule has 33 heavy (non-hydrogen) atoms. The first-order valence-corrected chi connectivity index (χ1v) is 11.0. The van der Waals surface area contributed by atoms with Gasteiger partial charge in [-0.15, -0.1) is 0 Å². The quantitative estimate of drug-likeness (QED) is 0.407. The molecule has 0 aliphatic carbocycles. The van der Waals surface area contributed by atoms with Crippen LogP contribution in [-0.2, 0) is 6.54 Å². The third kappa shape index (κ3) is 5.45. The zero-order valence-electron chi connectivity index (χ0n) is 18.5. The first-order chi connectivity index (χ1) is 16.2. The van der Waals surface area contributed by atoms with E-state index in [1.165, 1.54) is 12.8 Å². The summed E-state index contributed by atoms with van der Waals surface area (Å²) in [6.07, 6.45) is 4.13. The van der Waals surface area contributed by atoms with Gasteiger partial charge in [-0.3, -0.25) is 14.7 Å². The molecule has 0 saturated carbocycles. The fourth-order valence-corrected chi connectivity index (χ4v) is 3.88. The van der Waals surface area contributed by atoms with Gasteiger partial charge in [-0.2, -0.15) is 10.4 Å². The lowest BCUT2D eigenvalue weighted by Gasteiger charge is -2.18. The monoisotopic (exact) mass is 442 g/mol. The summed E-state index contributed by atoms with van der Waals surface area (Å²) in [5.41, 5.74) is 5.26. The number of likely N-dealkylation sites (tertiary alicyclic amines) is 1. The molecule has 3 aromatic rings. The van der Waals surface area contributed by atoms with Crippen LogP contribution in [0.5, 0.6) is 5.75 Å². The van der Waals surface area contributed by atoms with Crippen LogP contribution in [0.2, 0.25) is 0 Å². The van der Waals surface area contributed by atoms with E-state index < -0.39 is 5.56 Å². The van der Waals surface area contributed by atoms with Crippen molar-refractivity contribution in [1.82, 2.24) is 14.9 Å². The maximum atomic E-state index is 12.4. The molecule has 2 heterocycles. The summed E-state index contributed by atoms with van der Waals surface area (Å²) in [6, 6.07) is 17.0. The minimum atomic E-state index is -0.516. The second-order valence-electron chi connectivity index (χ2n) is 7.77. The van der Waals surface area contributed by atoms with Crippen molar-refractivity contribution in [3.05, 3.63) is 75.6 Å². The lowest BCUT2D eigenvalue weighted by atomic mass is 10.1. The maximum absolute atomic E-state index is 12.4.